The van der Waals surface area contributed by atoms with E-state index in [0.717, 1.165) is 36.3 Å². The van der Waals surface area contributed by atoms with E-state index in [-0.39, 0.29) is 24.5 Å². The van der Waals surface area contributed by atoms with Crippen molar-refractivity contribution in [2.45, 2.75) is 50.7 Å². The minimum Gasteiger partial charge on any atom is -0.493 e. The summed E-state index contributed by atoms with van der Waals surface area (Å²) >= 11 is 0. The van der Waals surface area contributed by atoms with E-state index < -0.39 is 11.6 Å². The van der Waals surface area contributed by atoms with Crippen LogP contribution in [0.25, 0.3) is 0 Å². The summed E-state index contributed by atoms with van der Waals surface area (Å²) in [6.45, 7) is 0.807. The second kappa shape index (κ2) is 8.39. The summed E-state index contributed by atoms with van der Waals surface area (Å²) in [5.41, 5.74) is 1.61. The van der Waals surface area contributed by atoms with Crippen LogP contribution in [-0.4, -0.2) is 30.6 Å². The Morgan fingerprint density at radius 1 is 1.03 bits per heavy atom. The Kier molecular flexibility index (Phi) is 5.69. The molecule has 0 bridgehead atoms. The number of halogens is 2. The maximum atomic E-state index is 13.5. The molecule has 6 heteroatoms. The normalized spacial score (nSPS) is 19.8. The van der Waals surface area contributed by atoms with Crippen LogP contribution in [0, 0.1) is 11.6 Å². The van der Waals surface area contributed by atoms with Crippen LogP contribution in [0.3, 0.4) is 0 Å². The van der Waals surface area contributed by atoms with E-state index in [0.29, 0.717) is 24.3 Å². The van der Waals surface area contributed by atoms with E-state index in [1.54, 1.807) is 12.0 Å². The highest BCUT2D eigenvalue weighted by molar-refractivity contribution is 5.79. The third-order valence-electron chi connectivity index (χ3n) is 5.83. The second-order valence-electron chi connectivity index (χ2n) is 7.86. The number of methoxy groups -OCH3 is 1. The molecule has 2 aromatic rings. The standard InChI is InChI=1S/C23H25F2NO3/c1-28-21-9-7-16(11-22(21)29-18-4-2-3-5-18)17-12-23(27)26(14-17)13-15-6-8-19(24)20(25)10-15/h6-11,17-18H,2-5,12-14H2,1H3/t17-/m0/s1. The Morgan fingerprint density at radius 3 is 2.55 bits per heavy atom. The molecule has 2 aromatic carbocycles. The van der Waals surface area contributed by atoms with Crippen molar-refractivity contribution < 1.29 is 23.0 Å². The molecule has 0 spiro atoms. The van der Waals surface area contributed by atoms with Gasteiger partial charge in [-0.2, -0.15) is 0 Å². The van der Waals surface area contributed by atoms with Crippen molar-refractivity contribution in [1.29, 1.82) is 0 Å². The van der Waals surface area contributed by atoms with E-state index in [2.05, 4.69) is 0 Å². The molecule has 154 valence electrons. The van der Waals surface area contributed by atoms with Gasteiger partial charge in [-0.3, -0.25) is 4.79 Å². The van der Waals surface area contributed by atoms with Crippen molar-refractivity contribution in [3.8, 4) is 11.5 Å². The molecule has 1 saturated heterocycles. The lowest BCUT2D eigenvalue weighted by Gasteiger charge is -2.19. The first-order valence-electron chi connectivity index (χ1n) is 10.1. The fourth-order valence-electron chi connectivity index (χ4n) is 4.23. The average Bonchev–Trinajstić information content (AvgIpc) is 3.35. The van der Waals surface area contributed by atoms with Gasteiger partial charge in [-0.05, 0) is 61.1 Å². The van der Waals surface area contributed by atoms with Crippen LogP contribution in [0.5, 0.6) is 11.5 Å². The van der Waals surface area contributed by atoms with Gasteiger partial charge in [0.2, 0.25) is 5.91 Å². The number of ether oxygens (including phenoxy) is 2. The summed E-state index contributed by atoms with van der Waals surface area (Å²) in [5.74, 6) is -0.313. The molecule has 1 aliphatic carbocycles. The monoisotopic (exact) mass is 401 g/mol. The van der Waals surface area contributed by atoms with E-state index in [1.807, 2.05) is 18.2 Å². The molecule has 0 radical (unpaired) electrons. The van der Waals surface area contributed by atoms with Crippen LogP contribution in [-0.2, 0) is 11.3 Å². The van der Waals surface area contributed by atoms with Gasteiger partial charge in [0.05, 0.1) is 13.2 Å². The van der Waals surface area contributed by atoms with Crippen molar-refractivity contribution >= 4 is 5.91 Å². The van der Waals surface area contributed by atoms with E-state index in [9.17, 15) is 13.6 Å². The largest absolute Gasteiger partial charge is 0.493 e. The molecular weight excluding hydrogens is 376 g/mol. The van der Waals surface area contributed by atoms with Crippen LogP contribution in [0.1, 0.15) is 49.1 Å². The van der Waals surface area contributed by atoms with Crippen molar-refractivity contribution in [2.24, 2.45) is 0 Å². The molecule has 2 aliphatic rings. The number of amides is 1. The zero-order valence-corrected chi connectivity index (χ0v) is 16.5. The molecular formula is C23H25F2NO3. The average molecular weight is 401 g/mol. The van der Waals surface area contributed by atoms with E-state index in [4.69, 9.17) is 9.47 Å². The minimum absolute atomic E-state index is 0.00816. The van der Waals surface area contributed by atoms with Gasteiger partial charge in [0.15, 0.2) is 23.1 Å². The van der Waals surface area contributed by atoms with Gasteiger partial charge in [-0.15, -0.1) is 0 Å². The quantitative estimate of drug-likeness (QED) is 0.697. The Hall–Kier alpha value is -2.63. The Balaban J connectivity index is 1.48. The molecule has 1 atom stereocenters. The molecule has 1 saturated carbocycles. The van der Waals surface area contributed by atoms with Crippen molar-refractivity contribution in [3.63, 3.8) is 0 Å². The smallest absolute Gasteiger partial charge is 0.223 e. The molecule has 1 amide bonds. The van der Waals surface area contributed by atoms with Crippen LogP contribution in [0.4, 0.5) is 8.78 Å². The van der Waals surface area contributed by atoms with Gasteiger partial charge in [0.1, 0.15) is 0 Å². The Bertz CT molecular complexity index is 896. The van der Waals surface area contributed by atoms with Crippen LogP contribution < -0.4 is 9.47 Å². The van der Waals surface area contributed by atoms with Gasteiger partial charge in [0, 0.05) is 25.4 Å². The zero-order chi connectivity index (χ0) is 20.4. The summed E-state index contributed by atoms with van der Waals surface area (Å²) < 4.78 is 38.2. The number of benzene rings is 2. The zero-order valence-electron chi connectivity index (χ0n) is 16.5. The van der Waals surface area contributed by atoms with Crippen LogP contribution in [0.15, 0.2) is 36.4 Å². The summed E-state index contributed by atoms with van der Waals surface area (Å²) in [4.78, 5) is 14.2. The summed E-state index contributed by atoms with van der Waals surface area (Å²) in [6.07, 6.45) is 5.08. The molecule has 29 heavy (non-hydrogen) atoms. The number of carbonyl (C=O) groups excluding carboxylic acids is 1. The fraction of sp³-hybridized carbons (Fsp3) is 0.435. The van der Waals surface area contributed by atoms with E-state index in [1.165, 1.54) is 18.9 Å². The minimum atomic E-state index is -0.894. The summed E-state index contributed by atoms with van der Waals surface area (Å²) in [7, 11) is 1.62. The highest BCUT2D eigenvalue weighted by Crippen LogP contribution is 2.37. The first kappa shape index (κ1) is 19.7. The first-order chi connectivity index (χ1) is 14.0. The molecule has 4 nitrogen and oxygen atoms in total. The fourth-order valence-corrected chi connectivity index (χ4v) is 4.23. The summed E-state index contributed by atoms with van der Waals surface area (Å²) in [6, 6.07) is 9.60. The molecule has 0 unspecified atom stereocenters. The lowest BCUT2D eigenvalue weighted by atomic mass is 9.98. The number of carbonyl (C=O) groups is 1. The maximum Gasteiger partial charge on any atom is 0.223 e. The van der Waals surface area contributed by atoms with Gasteiger partial charge >= 0.3 is 0 Å². The molecule has 2 fully saturated rings. The molecule has 1 heterocycles. The lowest BCUT2D eigenvalue weighted by Crippen LogP contribution is -2.24. The number of hydrogen-bond donors (Lipinski definition) is 0. The molecule has 0 aromatic heterocycles. The lowest BCUT2D eigenvalue weighted by molar-refractivity contribution is -0.128. The number of hydrogen-bond acceptors (Lipinski definition) is 3. The predicted molar refractivity (Wildman–Crippen MR) is 105 cm³/mol. The highest BCUT2D eigenvalue weighted by atomic mass is 19.2. The maximum absolute atomic E-state index is 13.5. The molecule has 4 rings (SSSR count). The van der Waals surface area contributed by atoms with Gasteiger partial charge in [-0.25, -0.2) is 8.78 Å². The molecule has 1 aliphatic heterocycles. The second-order valence-corrected chi connectivity index (χ2v) is 7.86. The molecule has 0 N–H and O–H groups in total. The summed E-state index contributed by atoms with van der Waals surface area (Å²) in [5, 5.41) is 0. The highest BCUT2D eigenvalue weighted by Gasteiger charge is 2.31. The van der Waals surface area contributed by atoms with Crippen molar-refractivity contribution in [3.05, 3.63) is 59.2 Å². The van der Waals surface area contributed by atoms with Gasteiger partial charge in [0.25, 0.3) is 0 Å². The third-order valence-corrected chi connectivity index (χ3v) is 5.83. The van der Waals surface area contributed by atoms with Crippen molar-refractivity contribution in [1.82, 2.24) is 4.90 Å². The number of nitrogens with zero attached hydrogens (tertiary/aromatic N) is 1. The van der Waals surface area contributed by atoms with Crippen molar-refractivity contribution in [2.75, 3.05) is 13.7 Å². The van der Waals surface area contributed by atoms with Gasteiger partial charge < -0.3 is 14.4 Å². The Morgan fingerprint density at radius 2 is 1.83 bits per heavy atom. The first-order valence-corrected chi connectivity index (χ1v) is 10.1. The van der Waals surface area contributed by atoms with Crippen LogP contribution in [0.2, 0.25) is 0 Å². The number of rotatable bonds is 6. The SMILES string of the molecule is COc1ccc([C@H]2CC(=O)N(Cc3ccc(F)c(F)c3)C2)cc1OC1CCCC1. The topological polar surface area (TPSA) is 38.8 Å². The Labute approximate surface area is 169 Å². The predicted octanol–water partition coefficient (Wildman–Crippen LogP) is 4.81. The van der Waals surface area contributed by atoms with E-state index >= 15 is 0 Å². The number of likely N-dealkylation sites (tertiary alicyclic amines) is 1. The van der Waals surface area contributed by atoms with Crippen LogP contribution >= 0.6 is 0 Å². The third kappa shape index (κ3) is 4.36. The van der Waals surface area contributed by atoms with Gasteiger partial charge in [-0.1, -0.05) is 12.1 Å².